The third kappa shape index (κ3) is 5.00. The van der Waals surface area contributed by atoms with Crippen molar-refractivity contribution in [1.82, 2.24) is 10.3 Å². The van der Waals surface area contributed by atoms with E-state index in [2.05, 4.69) is 26.6 Å². The van der Waals surface area contributed by atoms with Crippen LogP contribution in [0.25, 0.3) is 20.8 Å². The maximum atomic E-state index is 12.6. The van der Waals surface area contributed by atoms with E-state index in [0.717, 1.165) is 31.3 Å². The summed E-state index contributed by atoms with van der Waals surface area (Å²) >= 11 is 10.3. The fraction of sp³-hybridized carbons (Fsp3) is 0.0455. The van der Waals surface area contributed by atoms with E-state index in [0.29, 0.717) is 5.69 Å². The Morgan fingerprint density at radius 2 is 1.97 bits per heavy atom. The number of hydrogen-bond acceptors (Lipinski definition) is 7. The Bertz CT molecular complexity index is 1370. The molecule has 1 heterocycles. The van der Waals surface area contributed by atoms with E-state index < -0.39 is 10.8 Å². The van der Waals surface area contributed by atoms with Gasteiger partial charge in [-0.3, -0.25) is 20.2 Å². The van der Waals surface area contributed by atoms with E-state index >= 15 is 0 Å². The molecular formula is C22H15BrN4O4S2. The number of amides is 1. The summed E-state index contributed by atoms with van der Waals surface area (Å²) in [5.74, 6) is -0.524. The number of carbonyl (C=O) groups is 1. The molecule has 2 N–H and O–H groups in total. The molecule has 0 aliphatic heterocycles. The second-order valence-corrected chi connectivity index (χ2v) is 9.08. The molecule has 0 aliphatic rings. The van der Waals surface area contributed by atoms with Gasteiger partial charge in [0.1, 0.15) is 5.01 Å². The fourth-order valence-corrected chi connectivity index (χ4v) is 4.65. The predicted molar refractivity (Wildman–Crippen MR) is 136 cm³/mol. The summed E-state index contributed by atoms with van der Waals surface area (Å²) in [6.07, 6.45) is 0. The minimum Gasteiger partial charge on any atom is -0.490 e. The van der Waals surface area contributed by atoms with Crippen LogP contribution >= 0.6 is 39.5 Å². The molecule has 0 bridgehead atoms. The van der Waals surface area contributed by atoms with Crippen molar-refractivity contribution in [3.05, 3.63) is 80.8 Å². The molecule has 33 heavy (non-hydrogen) atoms. The third-order valence-corrected chi connectivity index (χ3v) is 6.39. The molecule has 4 aromatic rings. The first-order chi connectivity index (χ1) is 15.9. The van der Waals surface area contributed by atoms with E-state index in [-0.39, 0.29) is 22.1 Å². The number of thiazole rings is 1. The second-order valence-electron chi connectivity index (χ2n) is 6.73. The summed E-state index contributed by atoms with van der Waals surface area (Å²) in [5.41, 5.74) is 2.12. The number of nitrogens with zero attached hydrogens (tertiary/aromatic N) is 2. The summed E-state index contributed by atoms with van der Waals surface area (Å²) in [7, 11) is 1.32. The molecule has 0 radical (unpaired) electrons. The number of nitro benzene ring substituents is 1. The maximum absolute atomic E-state index is 12.6. The molecule has 166 valence electrons. The minimum absolute atomic E-state index is 0.0446. The Morgan fingerprint density at radius 1 is 1.18 bits per heavy atom. The van der Waals surface area contributed by atoms with Gasteiger partial charge in [-0.25, -0.2) is 4.98 Å². The van der Waals surface area contributed by atoms with Crippen LogP contribution in [0.3, 0.4) is 0 Å². The molecule has 0 unspecified atom stereocenters. The third-order valence-electron chi connectivity index (χ3n) is 4.62. The highest BCUT2D eigenvalue weighted by molar-refractivity contribution is 9.10. The highest BCUT2D eigenvalue weighted by Crippen LogP contribution is 2.36. The average molecular weight is 543 g/mol. The summed E-state index contributed by atoms with van der Waals surface area (Å²) in [4.78, 5) is 27.9. The molecule has 0 atom stereocenters. The smallest absolute Gasteiger partial charge is 0.311 e. The zero-order valence-corrected chi connectivity index (χ0v) is 20.2. The number of ether oxygens (including phenoxy) is 1. The van der Waals surface area contributed by atoms with Crippen LogP contribution < -0.4 is 15.4 Å². The van der Waals surface area contributed by atoms with Gasteiger partial charge in [0.2, 0.25) is 0 Å². The van der Waals surface area contributed by atoms with Crippen LogP contribution in [-0.2, 0) is 0 Å². The van der Waals surface area contributed by atoms with Gasteiger partial charge < -0.3 is 10.1 Å². The molecule has 3 aromatic carbocycles. The van der Waals surface area contributed by atoms with Crippen LogP contribution in [0.1, 0.15) is 10.4 Å². The average Bonchev–Trinajstić information content (AvgIpc) is 3.23. The Hall–Kier alpha value is -3.41. The number of para-hydroxylation sites is 1. The van der Waals surface area contributed by atoms with Gasteiger partial charge >= 0.3 is 5.69 Å². The Labute approximate surface area is 205 Å². The largest absolute Gasteiger partial charge is 0.490 e. The topological polar surface area (TPSA) is 106 Å². The molecule has 0 spiro atoms. The minimum atomic E-state index is -0.613. The van der Waals surface area contributed by atoms with Crippen molar-refractivity contribution in [2.75, 3.05) is 12.4 Å². The lowest BCUT2D eigenvalue weighted by molar-refractivity contribution is -0.385. The molecule has 1 aromatic heterocycles. The van der Waals surface area contributed by atoms with E-state index in [1.54, 1.807) is 11.3 Å². The van der Waals surface area contributed by atoms with Crippen LogP contribution in [0.15, 0.2) is 65.1 Å². The van der Waals surface area contributed by atoms with Crippen LogP contribution in [0, 0.1) is 10.1 Å². The molecule has 0 saturated carbocycles. The number of nitro groups is 1. The summed E-state index contributed by atoms with van der Waals surface area (Å²) < 4.78 is 6.88. The van der Waals surface area contributed by atoms with Gasteiger partial charge in [0, 0.05) is 21.7 Å². The van der Waals surface area contributed by atoms with E-state index in [1.165, 1.54) is 19.2 Å². The first-order valence-corrected chi connectivity index (χ1v) is 11.5. The molecule has 11 heteroatoms. The van der Waals surface area contributed by atoms with Crippen molar-refractivity contribution in [3.8, 4) is 16.3 Å². The van der Waals surface area contributed by atoms with Gasteiger partial charge in [0.25, 0.3) is 5.91 Å². The lowest BCUT2D eigenvalue weighted by atomic mass is 10.1. The lowest BCUT2D eigenvalue weighted by Gasteiger charge is -2.13. The first-order valence-electron chi connectivity index (χ1n) is 9.46. The second kappa shape index (κ2) is 9.61. The van der Waals surface area contributed by atoms with Crippen molar-refractivity contribution in [2.24, 2.45) is 0 Å². The number of methoxy groups -OCH3 is 1. The molecule has 1 amide bonds. The molecule has 0 aliphatic carbocycles. The number of aromatic nitrogens is 1. The van der Waals surface area contributed by atoms with Gasteiger partial charge in [-0.1, -0.05) is 28.1 Å². The number of carbonyl (C=O) groups excluding carboxylic acids is 1. The molecule has 0 fully saturated rings. The standard InChI is InChI=1S/C22H15BrN4O4S2/c1-31-18-9-6-12(10-17(18)27(29)30)20(28)26-22(32)25-15-8-7-13(23)11-14(15)21-24-16-4-2-3-5-19(16)33-21/h2-11H,1H3,(H2,25,26,28,32). The van der Waals surface area contributed by atoms with Crippen LogP contribution in [0.2, 0.25) is 0 Å². The molecular weight excluding hydrogens is 528 g/mol. The number of anilines is 1. The predicted octanol–water partition coefficient (Wildman–Crippen LogP) is 5.77. The summed E-state index contributed by atoms with van der Waals surface area (Å²) in [6, 6.07) is 17.3. The van der Waals surface area contributed by atoms with Gasteiger partial charge in [-0.05, 0) is 54.7 Å². The van der Waals surface area contributed by atoms with Gasteiger partial charge in [0.15, 0.2) is 10.9 Å². The maximum Gasteiger partial charge on any atom is 0.311 e. The van der Waals surface area contributed by atoms with Crippen LogP contribution in [0.5, 0.6) is 5.75 Å². The summed E-state index contributed by atoms with van der Waals surface area (Å²) in [5, 5.41) is 17.7. The highest BCUT2D eigenvalue weighted by atomic mass is 79.9. The highest BCUT2D eigenvalue weighted by Gasteiger charge is 2.19. The van der Waals surface area contributed by atoms with E-state index in [9.17, 15) is 14.9 Å². The fourth-order valence-electron chi connectivity index (χ4n) is 3.09. The Morgan fingerprint density at radius 3 is 2.70 bits per heavy atom. The van der Waals surface area contributed by atoms with Gasteiger partial charge in [0.05, 0.1) is 27.9 Å². The number of thiocarbonyl (C=S) groups is 1. The SMILES string of the molecule is COc1ccc(C(=O)NC(=S)Nc2ccc(Br)cc2-c2nc3ccccc3s2)cc1[N+](=O)[O-]. The van der Waals surface area contributed by atoms with Crippen molar-refractivity contribution < 1.29 is 14.5 Å². The zero-order chi connectivity index (χ0) is 23.5. The van der Waals surface area contributed by atoms with E-state index in [1.807, 2.05) is 42.5 Å². The zero-order valence-electron chi connectivity index (χ0n) is 17.0. The van der Waals surface area contributed by atoms with Crippen molar-refractivity contribution in [1.29, 1.82) is 0 Å². The van der Waals surface area contributed by atoms with Crippen molar-refractivity contribution in [2.45, 2.75) is 0 Å². The van der Waals surface area contributed by atoms with E-state index in [4.69, 9.17) is 21.9 Å². The molecule has 4 rings (SSSR count). The number of benzene rings is 3. The Kier molecular flexibility index (Phi) is 6.63. The monoisotopic (exact) mass is 542 g/mol. The summed E-state index contributed by atoms with van der Waals surface area (Å²) in [6.45, 7) is 0. The van der Waals surface area contributed by atoms with Crippen LogP contribution in [0.4, 0.5) is 11.4 Å². The molecule has 0 saturated heterocycles. The van der Waals surface area contributed by atoms with Crippen LogP contribution in [-0.4, -0.2) is 28.0 Å². The van der Waals surface area contributed by atoms with Crippen molar-refractivity contribution in [3.63, 3.8) is 0 Å². The first kappa shape index (κ1) is 22.8. The van der Waals surface area contributed by atoms with Crippen molar-refractivity contribution >= 4 is 72.1 Å². The number of nitrogens with one attached hydrogen (secondary N) is 2. The van der Waals surface area contributed by atoms with Gasteiger partial charge in [-0.2, -0.15) is 0 Å². The molecule has 8 nitrogen and oxygen atoms in total. The number of hydrogen-bond donors (Lipinski definition) is 2. The quantitative estimate of drug-likeness (QED) is 0.187. The normalized spacial score (nSPS) is 10.6. The van der Waals surface area contributed by atoms with Gasteiger partial charge in [-0.15, -0.1) is 11.3 Å². The number of fused-ring (bicyclic) bond motifs is 1. The Balaban J connectivity index is 1.56. The number of rotatable bonds is 5. The number of halogens is 1. The lowest BCUT2D eigenvalue weighted by Crippen LogP contribution is -2.34.